The molecule has 4 fully saturated rings. The summed E-state index contributed by atoms with van der Waals surface area (Å²) in [4.78, 5) is 13.7. The van der Waals surface area contributed by atoms with Crippen LogP contribution in [-0.2, 0) is 10.2 Å². The largest absolute Gasteiger partial charge is 0.324 e. The van der Waals surface area contributed by atoms with Crippen molar-refractivity contribution in [3.8, 4) is 0 Å². The fourth-order valence-corrected chi connectivity index (χ4v) is 7.35. The molecular formula is C25H28ClNO. The number of carbonyl (C=O) groups excluding carboxylic acids is 1. The summed E-state index contributed by atoms with van der Waals surface area (Å²) in [7, 11) is 0. The van der Waals surface area contributed by atoms with E-state index in [9.17, 15) is 4.79 Å². The van der Waals surface area contributed by atoms with E-state index in [2.05, 4.69) is 41.7 Å². The lowest BCUT2D eigenvalue weighted by molar-refractivity contribution is -0.143. The molecule has 0 saturated heterocycles. The minimum absolute atomic E-state index is 0.175. The van der Waals surface area contributed by atoms with E-state index in [1.54, 1.807) is 0 Å². The van der Waals surface area contributed by atoms with E-state index < -0.39 is 0 Å². The molecule has 1 amide bonds. The first-order valence-corrected chi connectivity index (χ1v) is 10.9. The van der Waals surface area contributed by atoms with Crippen LogP contribution in [0.25, 0.3) is 0 Å². The second kappa shape index (κ2) is 6.35. The number of amides is 1. The number of nitrogens with one attached hydrogen (secondary N) is 1. The molecule has 6 rings (SSSR count). The highest BCUT2D eigenvalue weighted by molar-refractivity contribution is 6.34. The lowest BCUT2D eigenvalue weighted by Gasteiger charge is -2.61. The van der Waals surface area contributed by atoms with Gasteiger partial charge in [0.1, 0.15) is 0 Å². The summed E-state index contributed by atoms with van der Waals surface area (Å²) in [6.45, 7) is 4.06. The average Bonchev–Trinajstić information content (AvgIpc) is 2.64. The SMILES string of the molecule is Cc1cc(C)c(NC(=O)C23CC4CC(C2)CC(c2ccccc2)(C4)C3)c(Cl)c1. The van der Waals surface area contributed by atoms with Crippen molar-refractivity contribution in [1.29, 1.82) is 0 Å². The Morgan fingerprint density at radius 2 is 1.71 bits per heavy atom. The number of benzene rings is 2. The second-order valence-electron chi connectivity index (χ2n) is 9.78. The standard InChI is InChI=1S/C25H28ClNO/c1-16-8-17(2)22(21(26)9-16)27-23(28)25-13-18-10-19(14-25)12-24(11-18,15-25)20-6-4-3-5-7-20/h3-9,18-19H,10-15H2,1-2H3,(H,27,28). The van der Waals surface area contributed by atoms with E-state index in [4.69, 9.17) is 11.6 Å². The maximum atomic E-state index is 13.7. The monoisotopic (exact) mass is 393 g/mol. The minimum Gasteiger partial charge on any atom is -0.324 e. The predicted molar refractivity (Wildman–Crippen MR) is 115 cm³/mol. The van der Waals surface area contributed by atoms with Crippen LogP contribution >= 0.6 is 11.6 Å². The predicted octanol–water partition coefficient (Wildman–Crippen LogP) is 6.43. The highest BCUT2D eigenvalue weighted by Crippen LogP contribution is 2.66. The molecule has 2 aromatic rings. The van der Waals surface area contributed by atoms with Crippen LogP contribution in [0.15, 0.2) is 42.5 Å². The lowest BCUT2D eigenvalue weighted by atomic mass is 9.42. The van der Waals surface area contributed by atoms with Crippen LogP contribution in [0.2, 0.25) is 5.02 Å². The Hall–Kier alpha value is -1.80. The van der Waals surface area contributed by atoms with Crippen molar-refractivity contribution in [2.45, 2.75) is 57.8 Å². The quantitative estimate of drug-likeness (QED) is 0.639. The molecule has 4 bridgehead atoms. The van der Waals surface area contributed by atoms with Crippen molar-refractivity contribution in [2.75, 3.05) is 5.32 Å². The molecule has 0 radical (unpaired) electrons. The van der Waals surface area contributed by atoms with E-state index in [0.29, 0.717) is 16.9 Å². The molecular weight excluding hydrogens is 366 g/mol. The van der Waals surface area contributed by atoms with Crippen molar-refractivity contribution >= 4 is 23.2 Å². The normalized spacial score (nSPS) is 33.1. The molecule has 28 heavy (non-hydrogen) atoms. The van der Waals surface area contributed by atoms with Crippen LogP contribution in [0.3, 0.4) is 0 Å². The van der Waals surface area contributed by atoms with E-state index in [1.165, 1.54) is 24.8 Å². The van der Waals surface area contributed by atoms with Crippen molar-refractivity contribution in [1.82, 2.24) is 0 Å². The summed E-state index contributed by atoms with van der Waals surface area (Å²) in [6.07, 6.45) is 6.83. The molecule has 2 atom stereocenters. The van der Waals surface area contributed by atoms with E-state index in [0.717, 1.165) is 36.1 Å². The minimum atomic E-state index is -0.249. The van der Waals surface area contributed by atoms with Gasteiger partial charge in [0, 0.05) is 0 Å². The molecule has 0 heterocycles. The zero-order valence-electron chi connectivity index (χ0n) is 16.7. The Labute approximate surface area is 172 Å². The Morgan fingerprint density at radius 1 is 1.04 bits per heavy atom. The van der Waals surface area contributed by atoms with Crippen LogP contribution in [-0.4, -0.2) is 5.91 Å². The summed E-state index contributed by atoms with van der Waals surface area (Å²) in [5, 5.41) is 3.91. The molecule has 3 heteroatoms. The maximum Gasteiger partial charge on any atom is 0.230 e. The van der Waals surface area contributed by atoms with Gasteiger partial charge in [0.15, 0.2) is 0 Å². The van der Waals surface area contributed by atoms with Crippen LogP contribution in [0.5, 0.6) is 0 Å². The van der Waals surface area contributed by atoms with Gasteiger partial charge in [-0.15, -0.1) is 0 Å². The van der Waals surface area contributed by atoms with Crippen LogP contribution in [0.1, 0.15) is 55.2 Å². The number of rotatable bonds is 3. The van der Waals surface area contributed by atoms with E-state index >= 15 is 0 Å². The smallest absolute Gasteiger partial charge is 0.230 e. The van der Waals surface area contributed by atoms with Crippen molar-refractivity contribution in [2.24, 2.45) is 17.3 Å². The third kappa shape index (κ3) is 2.80. The van der Waals surface area contributed by atoms with Gasteiger partial charge in [0.2, 0.25) is 5.91 Å². The van der Waals surface area contributed by atoms with E-state index in [1.807, 2.05) is 19.9 Å². The van der Waals surface area contributed by atoms with E-state index in [-0.39, 0.29) is 16.7 Å². The summed E-state index contributed by atoms with van der Waals surface area (Å²) < 4.78 is 0. The summed E-state index contributed by atoms with van der Waals surface area (Å²) >= 11 is 6.50. The Kier molecular flexibility index (Phi) is 4.14. The molecule has 2 unspecified atom stereocenters. The summed E-state index contributed by atoms with van der Waals surface area (Å²) in [5.74, 6) is 1.53. The summed E-state index contributed by atoms with van der Waals surface area (Å²) in [5.41, 5.74) is 4.32. The van der Waals surface area contributed by atoms with Crippen LogP contribution < -0.4 is 5.32 Å². The van der Waals surface area contributed by atoms with Gasteiger partial charge in [-0.25, -0.2) is 0 Å². The topological polar surface area (TPSA) is 29.1 Å². The van der Waals surface area contributed by atoms with Gasteiger partial charge in [-0.3, -0.25) is 4.79 Å². The number of anilines is 1. The van der Waals surface area contributed by atoms with Gasteiger partial charge in [-0.2, -0.15) is 0 Å². The highest BCUT2D eigenvalue weighted by atomic mass is 35.5. The molecule has 4 aliphatic rings. The number of hydrogen-bond acceptors (Lipinski definition) is 1. The van der Waals surface area contributed by atoms with Gasteiger partial charge >= 0.3 is 0 Å². The molecule has 4 saturated carbocycles. The van der Waals surface area contributed by atoms with Crippen LogP contribution in [0.4, 0.5) is 5.69 Å². The van der Waals surface area contributed by atoms with Gasteiger partial charge in [0.25, 0.3) is 0 Å². The van der Waals surface area contributed by atoms with Gasteiger partial charge in [0.05, 0.1) is 16.1 Å². The first-order chi connectivity index (χ1) is 13.4. The number of halogens is 1. The third-order valence-corrected chi connectivity index (χ3v) is 7.90. The Bertz CT molecular complexity index is 898. The Balaban J connectivity index is 1.49. The molecule has 146 valence electrons. The zero-order valence-corrected chi connectivity index (χ0v) is 17.5. The molecule has 1 N–H and O–H groups in total. The molecule has 0 aliphatic heterocycles. The van der Waals surface area contributed by atoms with Crippen LogP contribution in [0, 0.1) is 31.1 Å². The van der Waals surface area contributed by atoms with Gasteiger partial charge in [-0.1, -0.05) is 48.0 Å². The molecule has 4 aliphatic carbocycles. The zero-order chi connectivity index (χ0) is 19.5. The molecule has 2 aromatic carbocycles. The van der Waals surface area contributed by atoms with Gasteiger partial charge < -0.3 is 5.32 Å². The first-order valence-electron chi connectivity index (χ1n) is 10.5. The van der Waals surface area contributed by atoms with Crippen molar-refractivity contribution in [3.05, 3.63) is 64.2 Å². The number of carbonyl (C=O) groups is 1. The fourth-order valence-electron chi connectivity index (χ4n) is 6.98. The Morgan fingerprint density at radius 3 is 2.36 bits per heavy atom. The highest BCUT2D eigenvalue weighted by Gasteiger charge is 2.60. The molecule has 0 spiro atoms. The molecule has 2 nitrogen and oxygen atoms in total. The summed E-state index contributed by atoms with van der Waals surface area (Å²) in [6, 6.07) is 15.0. The fraction of sp³-hybridized carbons (Fsp3) is 0.480. The lowest BCUT2D eigenvalue weighted by Crippen LogP contribution is -2.58. The second-order valence-corrected chi connectivity index (χ2v) is 10.2. The number of aryl methyl sites for hydroxylation is 2. The maximum absolute atomic E-state index is 13.7. The number of hydrogen-bond donors (Lipinski definition) is 1. The molecule has 0 aromatic heterocycles. The first kappa shape index (κ1) is 18.2. The third-order valence-electron chi connectivity index (χ3n) is 7.60. The van der Waals surface area contributed by atoms with Crippen molar-refractivity contribution < 1.29 is 4.79 Å². The average molecular weight is 394 g/mol. The van der Waals surface area contributed by atoms with Crippen molar-refractivity contribution in [3.63, 3.8) is 0 Å². The van der Waals surface area contributed by atoms with Gasteiger partial charge in [-0.05, 0) is 92.4 Å².